The van der Waals surface area contributed by atoms with Crippen LogP contribution in [-0.4, -0.2) is 65.8 Å². The number of ketones is 3. The lowest BCUT2D eigenvalue weighted by molar-refractivity contribution is -0.209. The van der Waals surface area contributed by atoms with Crippen molar-refractivity contribution in [3.8, 4) is 0 Å². The summed E-state index contributed by atoms with van der Waals surface area (Å²) in [5.41, 5.74) is -6.74. The molecule has 0 bridgehead atoms. The highest BCUT2D eigenvalue weighted by Crippen LogP contribution is 2.43. The highest BCUT2D eigenvalue weighted by Gasteiger charge is 2.74. The Hall–Kier alpha value is -2.62. The zero-order valence-corrected chi connectivity index (χ0v) is 21.1. The first kappa shape index (κ1) is 31.4. The standard InChI is InChI=1S/C24H38O10/c1-7-10-13-32-20(28)19(16(4)25)24(31,22(30)34-15-12-9-3)23(17(5)26,18(6)27)21(29)33-14-11-8-2/h19,31H,7-15H2,1-6H3. The molecule has 10 heteroatoms. The summed E-state index contributed by atoms with van der Waals surface area (Å²) >= 11 is 0. The van der Waals surface area contributed by atoms with E-state index in [4.69, 9.17) is 14.2 Å². The van der Waals surface area contributed by atoms with Crippen LogP contribution in [-0.2, 0) is 43.0 Å². The van der Waals surface area contributed by atoms with E-state index in [0.717, 1.165) is 20.8 Å². The SMILES string of the molecule is CCCCOC(=O)C(C(C)=O)C(O)(C(=O)OCCCC)C(C(C)=O)(C(C)=O)C(=O)OCCCC. The molecule has 0 saturated carbocycles. The van der Waals surface area contributed by atoms with E-state index in [0.29, 0.717) is 38.5 Å². The quantitative estimate of drug-likeness (QED) is 0.140. The molecule has 0 saturated heterocycles. The molecular weight excluding hydrogens is 448 g/mol. The molecule has 194 valence electrons. The Bertz CT molecular complexity index is 743. The van der Waals surface area contributed by atoms with Crippen molar-refractivity contribution in [2.45, 2.75) is 85.7 Å². The molecule has 0 aliphatic heterocycles. The van der Waals surface area contributed by atoms with Crippen LogP contribution in [0.15, 0.2) is 0 Å². The van der Waals surface area contributed by atoms with Crippen molar-refractivity contribution in [3.05, 3.63) is 0 Å². The van der Waals surface area contributed by atoms with Crippen LogP contribution in [0.5, 0.6) is 0 Å². The molecule has 1 N–H and O–H groups in total. The number of hydrogen-bond acceptors (Lipinski definition) is 10. The molecule has 0 aromatic heterocycles. The average molecular weight is 487 g/mol. The number of unbranched alkanes of at least 4 members (excludes halogenated alkanes) is 3. The fraction of sp³-hybridized carbons (Fsp3) is 0.750. The molecule has 10 nitrogen and oxygen atoms in total. The van der Waals surface area contributed by atoms with E-state index in [1.807, 2.05) is 6.92 Å². The van der Waals surface area contributed by atoms with Crippen LogP contribution >= 0.6 is 0 Å². The second kappa shape index (κ2) is 14.6. The van der Waals surface area contributed by atoms with E-state index in [-0.39, 0.29) is 19.8 Å². The van der Waals surface area contributed by atoms with Gasteiger partial charge in [0.1, 0.15) is 5.78 Å². The third-order valence-corrected chi connectivity index (χ3v) is 5.51. The Labute approximate surface area is 200 Å². The fourth-order valence-corrected chi connectivity index (χ4v) is 3.58. The van der Waals surface area contributed by atoms with Gasteiger partial charge in [-0.3, -0.25) is 24.0 Å². The van der Waals surface area contributed by atoms with E-state index in [9.17, 15) is 33.9 Å². The van der Waals surface area contributed by atoms with Crippen LogP contribution in [0, 0.1) is 11.3 Å². The highest BCUT2D eigenvalue weighted by atomic mass is 16.6. The third kappa shape index (κ3) is 6.71. The van der Waals surface area contributed by atoms with Crippen LogP contribution in [0.3, 0.4) is 0 Å². The number of hydrogen-bond donors (Lipinski definition) is 1. The summed E-state index contributed by atoms with van der Waals surface area (Å²) in [6.07, 6.45) is 2.96. The number of carbonyl (C=O) groups is 6. The number of carbonyl (C=O) groups excluding carboxylic acids is 6. The van der Waals surface area contributed by atoms with E-state index >= 15 is 0 Å². The summed E-state index contributed by atoms with van der Waals surface area (Å²) in [5.74, 6) is -10.6. The zero-order valence-electron chi connectivity index (χ0n) is 21.1. The van der Waals surface area contributed by atoms with Gasteiger partial charge in [-0.05, 0) is 40.0 Å². The van der Waals surface area contributed by atoms with Crippen LogP contribution in [0.1, 0.15) is 80.1 Å². The van der Waals surface area contributed by atoms with Crippen LogP contribution in [0.25, 0.3) is 0 Å². The van der Waals surface area contributed by atoms with Gasteiger partial charge in [-0.25, -0.2) is 4.79 Å². The number of ether oxygens (including phenoxy) is 3. The predicted octanol–water partition coefficient (Wildman–Crippen LogP) is 2.12. The monoisotopic (exact) mass is 486 g/mol. The lowest BCUT2D eigenvalue weighted by Gasteiger charge is -2.42. The number of rotatable bonds is 17. The van der Waals surface area contributed by atoms with Gasteiger partial charge in [0, 0.05) is 0 Å². The van der Waals surface area contributed by atoms with Crippen molar-refractivity contribution in [1.29, 1.82) is 0 Å². The first-order valence-electron chi connectivity index (χ1n) is 11.7. The Kier molecular flexibility index (Phi) is 13.5. The highest BCUT2D eigenvalue weighted by molar-refractivity contribution is 6.27. The molecule has 2 atom stereocenters. The first-order chi connectivity index (χ1) is 15.9. The number of Topliss-reactive ketones (excluding diaryl/α,β-unsaturated/α-hetero) is 3. The van der Waals surface area contributed by atoms with Crippen LogP contribution in [0.4, 0.5) is 0 Å². The van der Waals surface area contributed by atoms with Gasteiger partial charge in [0.25, 0.3) is 0 Å². The summed E-state index contributed by atoms with van der Waals surface area (Å²) in [4.78, 5) is 77.9. The van der Waals surface area contributed by atoms with Crippen LogP contribution < -0.4 is 0 Å². The molecular formula is C24H38O10. The molecule has 0 aromatic rings. The second-order valence-corrected chi connectivity index (χ2v) is 8.17. The molecule has 0 radical (unpaired) electrons. The number of aliphatic hydroxyl groups is 1. The Balaban J connectivity index is 7.03. The molecule has 0 heterocycles. The molecule has 0 rings (SSSR count). The van der Waals surface area contributed by atoms with E-state index in [1.54, 1.807) is 13.8 Å². The van der Waals surface area contributed by atoms with E-state index in [2.05, 4.69) is 0 Å². The minimum absolute atomic E-state index is 0.145. The lowest BCUT2D eigenvalue weighted by Crippen LogP contribution is -2.71. The van der Waals surface area contributed by atoms with Crippen molar-refractivity contribution in [2.24, 2.45) is 11.3 Å². The normalized spacial score (nSPS) is 13.9. The summed E-state index contributed by atoms with van der Waals surface area (Å²) in [6, 6.07) is 0. The van der Waals surface area contributed by atoms with Crippen molar-refractivity contribution in [3.63, 3.8) is 0 Å². The lowest BCUT2D eigenvalue weighted by atomic mass is 9.60. The van der Waals surface area contributed by atoms with Crippen molar-refractivity contribution in [2.75, 3.05) is 19.8 Å². The van der Waals surface area contributed by atoms with E-state index in [1.165, 1.54) is 0 Å². The molecule has 0 aliphatic carbocycles. The topological polar surface area (TPSA) is 150 Å². The van der Waals surface area contributed by atoms with Gasteiger partial charge in [-0.2, -0.15) is 0 Å². The Morgan fingerprint density at radius 1 is 0.676 bits per heavy atom. The largest absolute Gasteiger partial charge is 0.465 e. The molecule has 0 aromatic carbocycles. The zero-order chi connectivity index (χ0) is 26.5. The molecule has 0 amide bonds. The molecule has 0 spiro atoms. The van der Waals surface area contributed by atoms with E-state index < -0.39 is 52.2 Å². The second-order valence-electron chi connectivity index (χ2n) is 8.17. The van der Waals surface area contributed by atoms with Crippen molar-refractivity contribution in [1.82, 2.24) is 0 Å². The van der Waals surface area contributed by atoms with Gasteiger partial charge in [0.15, 0.2) is 17.5 Å². The maximum Gasteiger partial charge on any atom is 0.341 e. The van der Waals surface area contributed by atoms with Gasteiger partial charge in [0.05, 0.1) is 19.8 Å². The van der Waals surface area contributed by atoms with Gasteiger partial charge in [-0.1, -0.05) is 40.0 Å². The maximum absolute atomic E-state index is 13.3. The first-order valence-corrected chi connectivity index (χ1v) is 11.7. The smallest absolute Gasteiger partial charge is 0.341 e. The minimum atomic E-state index is -3.52. The summed E-state index contributed by atoms with van der Waals surface area (Å²) < 4.78 is 15.2. The Morgan fingerprint density at radius 3 is 1.41 bits per heavy atom. The van der Waals surface area contributed by atoms with Gasteiger partial charge >= 0.3 is 17.9 Å². The summed E-state index contributed by atoms with van der Waals surface area (Å²) in [6.45, 7) is 7.28. The summed E-state index contributed by atoms with van der Waals surface area (Å²) in [7, 11) is 0. The molecule has 34 heavy (non-hydrogen) atoms. The van der Waals surface area contributed by atoms with Crippen molar-refractivity contribution < 1.29 is 48.1 Å². The summed E-state index contributed by atoms with van der Waals surface area (Å²) in [5, 5.41) is 11.8. The molecule has 0 fully saturated rings. The molecule has 2 unspecified atom stereocenters. The average Bonchev–Trinajstić information content (AvgIpc) is 2.73. The van der Waals surface area contributed by atoms with Crippen molar-refractivity contribution >= 4 is 35.3 Å². The van der Waals surface area contributed by atoms with Crippen LogP contribution in [0.2, 0.25) is 0 Å². The van der Waals surface area contributed by atoms with Gasteiger partial charge < -0.3 is 19.3 Å². The molecule has 0 aliphatic rings. The van der Waals surface area contributed by atoms with Gasteiger partial charge in [-0.15, -0.1) is 0 Å². The Morgan fingerprint density at radius 2 is 1.06 bits per heavy atom. The predicted molar refractivity (Wildman–Crippen MR) is 121 cm³/mol. The minimum Gasteiger partial charge on any atom is -0.465 e. The fourth-order valence-electron chi connectivity index (χ4n) is 3.58. The maximum atomic E-state index is 13.3. The van der Waals surface area contributed by atoms with Gasteiger partial charge in [0.2, 0.25) is 11.0 Å². The number of esters is 3. The third-order valence-electron chi connectivity index (χ3n) is 5.51.